The van der Waals surface area contributed by atoms with E-state index >= 15 is 0 Å². The third-order valence-corrected chi connectivity index (χ3v) is 7.36. The molecule has 38 heavy (non-hydrogen) atoms. The van der Waals surface area contributed by atoms with E-state index in [0.717, 1.165) is 27.4 Å². The Morgan fingerprint density at radius 3 is 2.82 bits per heavy atom. The number of rotatable bonds is 7. The van der Waals surface area contributed by atoms with Crippen LogP contribution in [-0.4, -0.2) is 58.0 Å². The van der Waals surface area contributed by atoms with Crippen molar-refractivity contribution in [2.24, 2.45) is 5.41 Å². The molecule has 4 aromatic rings. The number of pyridine rings is 1. The maximum absolute atomic E-state index is 14.9. The highest BCUT2D eigenvalue weighted by atomic mass is 32.1. The first kappa shape index (κ1) is 25.5. The normalized spacial score (nSPS) is 13.6. The highest BCUT2D eigenvalue weighted by Gasteiger charge is 2.23. The molecular formula is C27H28FN7O2S. The Labute approximate surface area is 223 Å². The summed E-state index contributed by atoms with van der Waals surface area (Å²) in [5.74, 6) is -0.344. The number of hydrogen-bond donors (Lipinski definition) is 3. The molecule has 1 aliphatic heterocycles. The quantitative estimate of drug-likeness (QED) is 0.309. The molecule has 9 nitrogen and oxygen atoms in total. The van der Waals surface area contributed by atoms with Crippen LogP contribution < -0.4 is 16.0 Å². The van der Waals surface area contributed by atoms with Gasteiger partial charge >= 0.3 is 6.03 Å². The number of nitrogens with zero attached hydrogens (tertiary/aromatic N) is 4. The molecule has 0 atom stereocenters. The molecule has 0 unspecified atom stereocenters. The summed E-state index contributed by atoms with van der Waals surface area (Å²) in [4.78, 5) is 39.5. The van der Waals surface area contributed by atoms with E-state index in [1.54, 1.807) is 17.3 Å². The minimum absolute atomic E-state index is 0.0936. The molecule has 3 amide bonds. The van der Waals surface area contributed by atoms with Crippen LogP contribution in [-0.2, 0) is 4.79 Å². The Hall–Kier alpha value is -4.12. The van der Waals surface area contributed by atoms with Crippen LogP contribution in [0.3, 0.4) is 0 Å². The van der Waals surface area contributed by atoms with Crippen molar-refractivity contribution < 1.29 is 14.0 Å². The number of aromatic nitrogens is 3. The number of anilines is 2. The van der Waals surface area contributed by atoms with Crippen molar-refractivity contribution in [3.8, 4) is 21.7 Å². The summed E-state index contributed by atoms with van der Waals surface area (Å²) >= 11 is 1.42. The molecule has 11 heteroatoms. The second-order valence-corrected chi connectivity index (χ2v) is 11.0. The molecule has 3 aromatic heterocycles. The van der Waals surface area contributed by atoms with E-state index in [1.807, 2.05) is 51.1 Å². The van der Waals surface area contributed by atoms with Gasteiger partial charge in [-0.2, -0.15) is 0 Å². The fraction of sp³-hybridized carbons (Fsp3) is 0.296. The van der Waals surface area contributed by atoms with Gasteiger partial charge in [0, 0.05) is 53.6 Å². The molecule has 1 aromatic carbocycles. The summed E-state index contributed by atoms with van der Waals surface area (Å²) in [5, 5.41) is 9.77. The number of halogens is 1. The fourth-order valence-corrected chi connectivity index (χ4v) is 5.26. The summed E-state index contributed by atoms with van der Waals surface area (Å²) in [6, 6.07) is 9.54. The van der Waals surface area contributed by atoms with Crippen LogP contribution in [0, 0.1) is 11.2 Å². The van der Waals surface area contributed by atoms with Gasteiger partial charge in [-0.1, -0.05) is 39.0 Å². The first-order valence-corrected chi connectivity index (χ1v) is 13.1. The zero-order valence-corrected chi connectivity index (χ0v) is 22.2. The average molecular weight is 534 g/mol. The minimum Gasteiger partial charge on any atom is -0.352 e. The van der Waals surface area contributed by atoms with E-state index in [1.165, 1.54) is 11.3 Å². The number of amides is 3. The van der Waals surface area contributed by atoms with Crippen LogP contribution in [0.25, 0.3) is 31.8 Å². The largest absolute Gasteiger partial charge is 0.352 e. The van der Waals surface area contributed by atoms with Crippen LogP contribution in [0.2, 0.25) is 0 Å². The van der Waals surface area contributed by atoms with E-state index in [9.17, 15) is 14.0 Å². The van der Waals surface area contributed by atoms with Gasteiger partial charge in [-0.15, -0.1) is 11.3 Å². The van der Waals surface area contributed by atoms with Crippen molar-refractivity contribution >= 4 is 45.0 Å². The van der Waals surface area contributed by atoms with Crippen LogP contribution in [0.4, 0.5) is 20.8 Å². The number of urea groups is 1. The van der Waals surface area contributed by atoms with Crippen molar-refractivity contribution in [1.82, 2.24) is 25.2 Å². The summed E-state index contributed by atoms with van der Waals surface area (Å²) in [6.07, 6.45) is 4.48. The van der Waals surface area contributed by atoms with Gasteiger partial charge < -0.3 is 20.9 Å². The fourth-order valence-electron chi connectivity index (χ4n) is 4.08. The van der Waals surface area contributed by atoms with Gasteiger partial charge in [-0.05, 0) is 17.5 Å². The molecule has 0 bridgehead atoms. The van der Waals surface area contributed by atoms with Gasteiger partial charge in [0.2, 0.25) is 11.9 Å². The molecule has 0 spiro atoms. The van der Waals surface area contributed by atoms with Crippen molar-refractivity contribution in [2.45, 2.75) is 20.8 Å². The molecule has 5 rings (SSSR count). The lowest BCUT2D eigenvalue weighted by atomic mass is 9.95. The molecule has 0 radical (unpaired) electrons. The summed E-state index contributed by atoms with van der Waals surface area (Å²) < 4.78 is 15.8. The number of nitrogens with one attached hydrogen (secondary N) is 3. The molecule has 196 valence electrons. The number of thiophene rings is 1. The molecule has 1 aliphatic rings. The van der Waals surface area contributed by atoms with E-state index in [0.29, 0.717) is 42.7 Å². The molecule has 0 aliphatic carbocycles. The van der Waals surface area contributed by atoms with Gasteiger partial charge in [-0.25, -0.2) is 19.2 Å². The van der Waals surface area contributed by atoms with E-state index in [2.05, 4.69) is 30.9 Å². The molecule has 1 saturated heterocycles. The lowest BCUT2D eigenvalue weighted by Gasteiger charge is -2.19. The Bertz CT molecular complexity index is 1520. The zero-order valence-electron chi connectivity index (χ0n) is 21.3. The minimum atomic E-state index is -0.563. The van der Waals surface area contributed by atoms with Crippen LogP contribution >= 0.6 is 11.3 Å². The first-order valence-electron chi connectivity index (χ1n) is 12.3. The zero-order chi connectivity index (χ0) is 26.9. The summed E-state index contributed by atoms with van der Waals surface area (Å²) in [5.41, 5.74) is 1.98. The Kier molecular flexibility index (Phi) is 6.94. The molecular weight excluding hydrogens is 505 g/mol. The number of carbonyl (C=O) groups excluding carboxylic acids is 2. The monoisotopic (exact) mass is 533 g/mol. The molecule has 3 N–H and O–H groups in total. The lowest BCUT2D eigenvalue weighted by molar-refractivity contribution is -0.123. The smallest absolute Gasteiger partial charge is 0.317 e. The summed E-state index contributed by atoms with van der Waals surface area (Å²) in [7, 11) is 0. The maximum atomic E-state index is 14.9. The van der Waals surface area contributed by atoms with E-state index in [-0.39, 0.29) is 17.6 Å². The Morgan fingerprint density at radius 2 is 2.05 bits per heavy atom. The van der Waals surface area contributed by atoms with Crippen molar-refractivity contribution in [3.63, 3.8) is 0 Å². The second-order valence-electron chi connectivity index (χ2n) is 10.00. The highest BCUT2D eigenvalue weighted by molar-refractivity contribution is 7.22. The van der Waals surface area contributed by atoms with Crippen molar-refractivity contribution in [2.75, 3.05) is 36.8 Å². The molecule has 0 saturated carbocycles. The molecule has 1 fully saturated rings. The standard InChI is InChI=1S/C27H28FN7O2S/c1-27(2,3)24(36)33-20-15-29-8-7-17(20)18-6-4-5-16-13-21(38-23(16)18)22-19(28)14-32-25(34-22)30-9-11-35-12-10-31-26(35)37/h4-8,13-15H,9-12H2,1-3H3,(H,31,37)(H,33,36)(H,30,32,34). The maximum Gasteiger partial charge on any atom is 0.317 e. The number of hydrogen-bond acceptors (Lipinski definition) is 7. The first-order chi connectivity index (χ1) is 18.2. The van der Waals surface area contributed by atoms with Crippen LogP contribution in [0.15, 0.2) is 48.9 Å². The molecule has 4 heterocycles. The topological polar surface area (TPSA) is 112 Å². The van der Waals surface area contributed by atoms with Crippen LogP contribution in [0.5, 0.6) is 0 Å². The average Bonchev–Trinajstić information content (AvgIpc) is 3.50. The Morgan fingerprint density at radius 1 is 1.21 bits per heavy atom. The predicted octanol–water partition coefficient (Wildman–Crippen LogP) is 4.98. The summed E-state index contributed by atoms with van der Waals surface area (Å²) in [6.45, 7) is 7.79. The highest BCUT2D eigenvalue weighted by Crippen LogP contribution is 2.41. The van der Waals surface area contributed by atoms with Crippen LogP contribution in [0.1, 0.15) is 20.8 Å². The van der Waals surface area contributed by atoms with Gasteiger partial charge in [-0.3, -0.25) is 9.78 Å². The van der Waals surface area contributed by atoms with E-state index in [4.69, 9.17) is 0 Å². The van der Waals surface area contributed by atoms with Gasteiger partial charge in [0.05, 0.1) is 23.0 Å². The third kappa shape index (κ3) is 5.28. The lowest BCUT2D eigenvalue weighted by Crippen LogP contribution is -2.32. The number of benzene rings is 1. The number of carbonyl (C=O) groups is 2. The Balaban J connectivity index is 1.44. The third-order valence-electron chi connectivity index (χ3n) is 6.17. The van der Waals surface area contributed by atoms with Gasteiger partial charge in [0.15, 0.2) is 5.82 Å². The van der Waals surface area contributed by atoms with Crippen molar-refractivity contribution in [1.29, 1.82) is 0 Å². The van der Waals surface area contributed by atoms with Crippen molar-refractivity contribution in [3.05, 3.63) is 54.7 Å². The van der Waals surface area contributed by atoms with E-state index < -0.39 is 11.2 Å². The number of fused-ring (bicyclic) bond motifs is 1. The van der Waals surface area contributed by atoms with Gasteiger partial charge in [0.1, 0.15) is 5.69 Å². The predicted molar refractivity (Wildman–Crippen MR) is 148 cm³/mol. The SMILES string of the molecule is CC(C)(C)C(=O)Nc1cnccc1-c1cccc2cc(-c3nc(NCCN4CCNC4=O)ncc3F)sc12. The second kappa shape index (κ2) is 10.3. The van der Waals surface area contributed by atoms with Gasteiger partial charge in [0.25, 0.3) is 0 Å².